The number of aromatic amines is 2. The van der Waals surface area contributed by atoms with Crippen LogP contribution in [-0.2, 0) is 10.2 Å². The Labute approximate surface area is 253 Å². The van der Waals surface area contributed by atoms with E-state index in [9.17, 15) is 4.79 Å². The molecule has 4 heterocycles. The van der Waals surface area contributed by atoms with Crippen LogP contribution < -0.4 is 10.1 Å². The number of imidazole rings is 2. The highest BCUT2D eigenvalue weighted by Gasteiger charge is 2.37. The van der Waals surface area contributed by atoms with E-state index in [1.54, 1.807) is 12.5 Å². The van der Waals surface area contributed by atoms with Gasteiger partial charge in [-0.1, -0.05) is 57.5 Å². The highest BCUT2D eigenvalue weighted by molar-refractivity contribution is 5.79. The average Bonchev–Trinajstić information content (AvgIpc) is 3.82. The number of fused-ring (bicyclic) bond motifs is 1. The monoisotopic (exact) mass is 576 g/mol. The Morgan fingerprint density at radius 2 is 1.86 bits per heavy atom. The van der Waals surface area contributed by atoms with E-state index in [4.69, 9.17) is 9.72 Å². The molecule has 2 aliphatic heterocycles. The Balaban J connectivity index is 1.31. The molecule has 3 N–H and O–H groups in total. The number of aromatic nitrogens is 4. The first-order valence-electron chi connectivity index (χ1n) is 15.4. The smallest absolute Gasteiger partial charge is 0.242 e. The molecule has 8 heteroatoms. The summed E-state index contributed by atoms with van der Waals surface area (Å²) < 4.78 is 6.60. The van der Waals surface area contributed by atoms with Crippen LogP contribution in [0.4, 0.5) is 0 Å². The second kappa shape index (κ2) is 12.3. The number of hydrogen-bond donors (Lipinski definition) is 3. The van der Waals surface area contributed by atoms with Crippen molar-refractivity contribution in [3.63, 3.8) is 0 Å². The number of allylic oxidation sites excluding steroid dienone is 1. The Morgan fingerprint density at radius 1 is 1.09 bits per heavy atom. The van der Waals surface area contributed by atoms with Crippen LogP contribution in [0.2, 0.25) is 0 Å². The molecule has 4 aromatic rings. The number of H-pyrrole nitrogens is 2. The number of carbonyl (C=O) groups excluding carboxylic acids is 1. The zero-order chi connectivity index (χ0) is 29.8. The fourth-order valence-electron chi connectivity index (χ4n) is 6.72. The molecular formula is C35H40N6O2. The molecule has 2 aliphatic rings. The van der Waals surface area contributed by atoms with E-state index in [-0.39, 0.29) is 23.9 Å². The Bertz CT molecular complexity index is 1600. The number of rotatable bonds is 11. The van der Waals surface area contributed by atoms with Crippen LogP contribution in [0.3, 0.4) is 0 Å². The molecular weight excluding hydrogens is 536 g/mol. The van der Waals surface area contributed by atoms with Crippen molar-refractivity contribution in [3.8, 4) is 28.3 Å². The minimum atomic E-state index is -0.139. The molecule has 2 aromatic carbocycles. The Hall–Kier alpha value is -4.59. The molecule has 0 bridgehead atoms. The molecule has 0 spiro atoms. The summed E-state index contributed by atoms with van der Waals surface area (Å²) in [5.41, 5.74) is 6.25. The van der Waals surface area contributed by atoms with Crippen molar-refractivity contribution in [2.45, 2.75) is 63.8 Å². The molecule has 0 radical (unpaired) electrons. The van der Waals surface area contributed by atoms with Crippen LogP contribution in [0.15, 0.2) is 80.0 Å². The van der Waals surface area contributed by atoms with Gasteiger partial charge in [0, 0.05) is 28.7 Å². The van der Waals surface area contributed by atoms with E-state index >= 15 is 0 Å². The van der Waals surface area contributed by atoms with Gasteiger partial charge in [-0.2, -0.15) is 0 Å². The number of nitrogens with zero attached hydrogens (tertiary/aromatic N) is 3. The summed E-state index contributed by atoms with van der Waals surface area (Å²) >= 11 is 0. The van der Waals surface area contributed by atoms with E-state index < -0.39 is 0 Å². The lowest BCUT2D eigenvalue weighted by atomic mass is 9.71. The third-order valence-electron chi connectivity index (χ3n) is 8.71. The first-order chi connectivity index (χ1) is 21.0. The van der Waals surface area contributed by atoms with E-state index in [1.807, 2.05) is 17.3 Å². The standard InChI is InChI=1S/C35H40N6O2/c1-4-15-35(16-5-2)19-32(25-11-9-24(10-12-25)28-20-37-23-39-28)43-31-14-13-26(18-27(31)35)29-21-38-34(40-29)30-8-7-17-41(30)33(42)22-36-6-3/h6,9-14,18-21,23,30,36H,3-5,7-8,15-17,22H2,1-2H3,(H,37,39)(H,38,40)/t30-/m0/s1. The van der Waals surface area contributed by atoms with Crippen molar-refractivity contribution < 1.29 is 9.53 Å². The molecule has 1 atom stereocenters. The number of benzene rings is 2. The molecule has 0 aliphatic carbocycles. The number of hydrogen-bond acceptors (Lipinski definition) is 5. The van der Waals surface area contributed by atoms with Gasteiger partial charge in [0.25, 0.3) is 0 Å². The van der Waals surface area contributed by atoms with Crippen molar-refractivity contribution in [2.75, 3.05) is 13.1 Å². The van der Waals surface area contributed by atoms with Gasteiger partial charge in [-0.3, -0.25) is 4.79 Å². The summed E-state index contributed by atoms with van der Waals surface area (Å²) in [4.78, 5) is 30.3. The largest absolute Gasteiger partial charge is 0.457 e. The van der Waals surface area contributed by atoms with Crippen molar-refractivity contribution in [1.82, 2.24) is 30.2 Å². The van der Waals surface area contributed by atoms with Crippen LogP contribution in [0.25, 0.3) is 28.3 Å². The molecule has 2 aromatic heterocycles. The minimum absolute atomic E-state index is 0.0433. The number of ether oxygens (including phenoxy) is 1. The van der Waals surface area contributed by atoms with Crippen molar-refractivity contribution >= 4 is 11.7 Å². The lowest BCUT2D eigenvalue weighted by Gasteiger charge is -2.37. The van der Waals surface area contributed by atoms with Gasteiger partial charge in [0.1, 0.15) is 17.3 Å². The number of likely N-dealkylation sites (tertiary alicyclic amines) is 1. The van der Waals surface area contributed by atoms with Crippen molar-refractivity contribution in [1.29, 1.82) is 0 Å². The van der Waals surface area contributed by atoms with Crippen LogP contribution in [0.1, 0.15) is 75.4 Å². The van der Waals surface area contributed by atoms with Gasteiger partial charge in [-0.25, -0.2) is 9.97 Å². The van der Waals surface area contributed by atoms with Gasteiger partial charge in [-0.15, -0.1) is 0 Å². The Morgan fingerprint density at radius 3 is 2.58 bits per heavy atom. The molecule has 0 saturated carbocycles. The summed E-state index contributed by atoms with van der Waals surface area (Å²) in [5, 5.41) is 2.93. The minimum Gasteiger partial charge on any atom is -0.457 e. The maximum absolute atomic E-state index is 12.8. The van der Waals surface area contributed by atoms with Crippen molar-refractivity contribution in [3.05, 3.63) is 97.0 Å². The van der Waals surface area contributed by atoms with Gasteiger partial charge >= 0.3 is 0 Å². The number of nitrogens with one attached hydrogen (secondary N) is 3. The van der Waals surface area contributed by atoms with Gasteiger partial charge in [0.15, 0.2) is 0 Å². The van der Waals surface area contributed by atoms with Crippen LogP contribution in [-0.4, -0.2) is 43.8 Å². The predicted molar refractivity (Wildman–Crippen MR) is 170 cm³/mol. The second-order valence-corrected chi connectivity index (χ2v) is 11.5. The fourth-order valence-corrected chi connectivity index (χ4v) is 6.72. The van der Waals surface area contributed by atoms with E-state index in [0.717, 1.165) is 90.5 Å². The highest BCUT2D eigenvalue weighted by Crippen LogP contribution is 2.48. The normalized spacial score (nSPS) is 17.2. The highest BCUT2D eigenvalue weighted by atomic mass is 16.5. The molecule has 8 nitrogen and oxygen atoms in total. The Kier molecular flexibility index (Phi) is 8.18. The fraction of sp³-hybridized carbons (Fsp3) is 0.343. The number of amides is 1. The second-order valence-electron chi connectivity index (χ2n) is 11.5. The van der Waals surface area contributed by atoms with Gasteiger partial charge in [0.05, 0.1) is 42.7 Å². The molecule has 222 valence electrons. The topological polar surface area (TPSA) is 98.9 Å². The molecule has 1 saturated heterocycles. The molecule has 1 fully saturated rings. The number of carbonyl (C=O) groups is 1. The van der Waals surface area contributed by atoms with Crippen LogP contribution >= 0.6 is 0 Å². The molecule has 43 heavy (non-hydrogen) atoms. The summed E-state index contributed by atoms with van der Waals surface area (Å²) in [6, 6.07) is 14.9. The first-order valence-corrected chi connectivity index (χ1v) is 15.4. The maximum atomic E-state index is 12.8. The van der Waals surface area contributed by atoms with Gasteiger partial charge in [0.2, 0.25) is 5.91 Å². The predicted octanol–water partition coefficient (Wildman–Crippen LogP) is 7.13. The summed E-state index contributed by atoms with van der Waals surface area (Å²) in [7, 11) is 0. The first kappa shape index (κ1) is 28.5. The van der Waals surface area contributed by atoms with E-state index in [2.05, 4.69) is 89.2 Å². The summed E-state index contributed by atoms with van der Waals surface area (Å²) in [6.07, 6.45) is 15.4. The summed E-state index contributed by atoms with van der Waals surface area (Å²) in [6.45, 7) is 9.15. The van der Waals surface area contributed by atoms with Crippen molar-refractivity contribution in [2.24, 2.45) is 0 Å². The van der Waals surface area contributed by atoms with Gasteiger partial charge < -0.3 is 24.9 Å². The van der Waals surface area contributed by atoms with Crippen LogP contribution in [0.5, 0.6) is 5.75 Å². The maximum Gasteiger partial charge on any atom is 0.242 e. The van der Waals surface area contributed by atoms with E-state index in [1.165, 1.54) is 5.56 Å². The van der Waals surface area contributed by atoms with Gasteiger partial charge in [-0.05, 0) is 61.7 Å². The zero-order valence-electron chi connectivity index (χ0n) is 25.0. The average molecular weight is 577 g/mol. The summed E-state index contributed by atoms with van der Waals surface area (Å²) in [5.74, 6) is 2.71. The van der Waals surface area contributed by atoms with E-state index in [0.29, 0.717) is 0 Å². The third-order valence-corrected chi connectivity index (χ3v) is 8.71. The lowest BCUT2D eigenvalue weighted by Crippen LogP contribution is -2.36. The lowest BCUT2D eigenvalue weighted by molar-refractivity contribution is -0.131. The SMILES string of the molecule is C=CNCC(=O)N1CCC[C@H]1c1ncc(-c2ccc3c(c2)C(CCC)(CCC)C=C(c2ccc(-c4cnc[nH]4)cc2)O3)[nH]1. The molecule has 0 unspecified atom stereocenters. The van der Waals surface area contributed by atoms with Crippen LogP contribution in [0, 0.1) is 0 Å². The third kappa shape index (κ3) is 5.61. The molecule has 1 amide bonds. The zero-order valence-corrected chi connectivity index (χ0v) is 25.0. The molecule has 6 rings (SSSR count). The quantitative estimate of drug-likeness (QED) is 0.176.